The van der Waals surface area contributed by atoms with Crippen molar-refractivity contribution in [1.29, 1.82) is 0 Å². The number of rotatable bonds is 10. The van der Waals surface area contributed by atoms with Crippen molar-refractivity contribution in [2.75, 3.05) is 33.1 Å². The first kappa shape index (κ1) is 24.0. The molecule has 0 aliphatic rings. The highest BCUT2D eigenvalue weighted by atomic mass is 19.1. The normalized spacial score (nSPS) is 12.1. The fourth-order valence-corrected chi connectivity index (χ4v) is 3.49. The number of nitrogens with zero attached hydrogens (tertiary/aromatic N) is 3. The van der Waals surface area contributed by atoms with Gasteiger partial charge in [0.05, 0.1) is 31.0 Å². The fraction of sp³-hybridized carbons (Fsp3) is 0.348. The van der Waals surface area contributed by atoms with Crippen LogP contribution in [0.2, 0.25) is 0 Å². The largest absolute Gasteiger partial charge is 0.508 e. The molecular formula is C23H28FN5O4. The van der Waals surface area contributed by atoms with E-state index in [1.807, 2.05) is 0 Å². The van der Waals surface area contributed by atoms with Crippen molar-refractivity contribution in [1.82, 2.24) is 14.9 Å². The van der Waals surface area contributed by atoms with Crippen LogP contribution in [0.25, 0.3) is 10.9 Å². The molecule has 1 unspecified atom stereocenters. The van der Waals surface area contributed by atoms with E-state index in [-0.39, 0.29) is 23.4 Å². The molecule has 3 rings (SSSR count). The van der Waals surface area contributed by atoms with Crippen LogP contribution in [0.4, 0.5) is 15.9 Å². The Labute approximate surface area is 191 Å². The summed E-state index contributed by atoms with van der Waals surface area (Å²) in [5.41, 5.74) is 6.48. The number of anilines is 2. The molecule has 3 aromatic rings. The third-order valence-corrected chi connectivity index (χ3v) is 5.38. The van der Waals surface area contributed by atoms with Gasteiger partial charge in [-0.2, -0.15) is 0 Å². The minimum absolute atomic E-state index is 0.0293. The van der Waals surface area contributed by atoms with Gasteiger partial charge in [-0.05, 0) is 52.1 Å². The number of likely N-dealkylation sites (N-methyl/N-ethyl adjacent to an activating group) is 1. The van der Waals surface area contributed by atoms with Gasteiger partial charge < -0.3 is 25.6 Å². The van der Waals surface area contributed by atoms with Gasteiger partial charge in [0, 0.05) is 17.0 Å². The van der Waals surface area contributed by atoms with E-state index < -0.39 is 5.82 Å². The molecule has 33 heavy (non-hydrogen) atoms. The van der Waals surface area contributed by atoms with Gasteiger partial charge in [-0.1, -0.05) is 0 Å². The van der Waals surface area contributed by atoms with Crippen LogP contribution >= 0.6 is 0 Å². The van der Waals surface area contributed by atoms with Crippen molar-refractivity contribution in [3.8, 4) is 17.2 Å². The zero-order chi connectivity index (χ0) is 24.1. The Morgan fingerprint density at radius 1 is 1.27 bits per heavy atom. The van der Waals surface area contributed by atoms with Crippen LogP contribution in [0, 0.1) is 12.7 Å². The molecule has 1 heterocycles. The first-order valence-electron chi connectivity index (χ1n) is 10.4. The van der Waals surface area contributed by atoms with Gasteiger partial charge in [0.25, 0.3) is 0 Å². The lowest BCUT2D eigenvalue weighted by atomic mass is 10.1. The Hall–Kier alpha value is -3.66. The van der Waals surface area contributed by atoms with E-state index in [1.54, 1.807) is 38.1 Å². The number of ether oxygens (including phenoxy) is 2. The van der Waals surface area contributed by atoms with Gasteiger partial charge in [-0.25, -0.2) is 14.4 Å². The van der Waals surface area contributed by atoms with Crippen LogP contribution in [0.1, 0.15) is 18.4 Å². The number of amides is 1. The van der Waals surface area contributed by atoms with Crippen molar-refractivity contribution in [3.63, 3.8) is 0 Å². The van der Waals surface area contributed by atoms with Crippen LogP contribution < -0.4 is 20.5 Å². The third-order valence-electron chi connectivity index (χ3n) is 5.38. The molecule has 4 N–H and O–H groups in total. The Bertz CT molecular complexity index is 1160. The highest BCUT2D eigenvalue weighted by Gasteiger charge is 2.18. The summed E-state index contributed by atoms with van der Waals surface area (Å²) in [5.74, 6) is 0.364. The number of fused-ring (bicyclic) bond motifs is 1. The maximum atomic E-state index is 14.4. The lowest BCUT2D eigenvalue weighted by molar-refractivity contribution is -0.122. The number of phenolic OH excluding ortho intramolecular Hbond substituents is 1. The second-order valence-electron chi connectivity index (χ2n) is 7.81. The van der Waals surface area contributed by atoms with Gasteiger partial charge in [-0.15, -0.1) is 0 Å². The van der Waals surface area contributed by atoms with E-state index >= 15 is 0 Å². The summed E-state index contributed by atoms with van der Waals surface area (Å²) in [6.45, 7) is 1.96. The Balaban J connectivity index is 1.83. The molecule has 10 heteroatoms. The molecule has 9 nitrogen and oxygen atoms in total. The number of nitrogens with one attached hydrogen (secondary N) is 1. The van der Waals surface area contributed by atoms with E-state index in [4.69, 9.17) is 15.2 Å². The molecule has 0 bridgehead atoms. The molecule has 1 aromatic heterocycles. The number of aromatic hydroxyl groups is 1. The second-order valence-corrected chi connectivity index (χ2v) is 7.81. The molecule has 2 aromatic carbocycles. The molecule has 1 amide bonds. The molecule has 0 aliphatic heterocycles. The molecule has 0 fully saturated rings. The molecule has 0 aliphatic carbocycles. The number of hydrogen-bond acceptors (Lipinski definition) is 8. The van der Waals surface area contributed by atoms with Crippen LogP contribution in [-0.2, 0) is 4.79 Å². The van der Waals surface area contributed by atoms with E-state index in [2.05, 4.69) is 15.3 Å². The molecule has 0 spiro atoms. The number of aromatic nitrogens is 2. The van der Waals surface area contributed by atoms with E-state index in [0.717, 1.165) is 0 Å². The third kappa shape index (κ3) is 5.40. The van der Waals surface area contributed by atoms with Gasteiger partial charge in [0.15, 0.2) is 11.5 Å². The number of hydrogen-bond donors (Lipinski definition) is 3. The van der Waals surface area contributed by atoms with E-state index in [1.165, 1.54) is 25.6 Å². The molecule has 0 saturated heterocycles. The second kappa shape index (κ2) is 10.3. The van der Waals surface area contributed by atoms with Crippen molar-refractivity contribution in [3.05, 3.63) is 42.0 Å². The summed E-state index contributed by atoms with van der Waals surface area (Å²) in [5, 5.41) is 13.5. The lowest BCUT2D eigenvalue weighted by Gasteiger charge is -2.21. The van der Waals surface area contributed by atoms with Gasteiger partial charge >= 0.3 is 0 Å². The average molecular weight is 458 g/mol. The van der Waals surface area contributed by atoms with E-state index in [0.29, 0.717) is 53.2 Å². The Morgan fingerprint density at radius 3 is 2.70 bits per heavy atom. The summed E-state index contributed by atoms with van der Waals surface area (Å²) in [4.78, 5) is 21.8. The summed E-state index contributed by atoms with van der Waals surface area (Å²) < 4.78 is 25.7. The number of halogens is 1. The van der Waals surface area contributed by atoms with E-state index in [9.17, 15) is 14.3 Å². The SMILES string of the molecule is COc1cc2c(Nc3c(F)ccc(O)c3C)ncnc2cc1OCCCC(C(N)=O)N(C)C. The van der Waals surface area contributed by atoms with Crippen LogP contribution in [0.5, 0.6) is 17.2 Å². The average Bonchev–Trinajstić information content (AvgIpc) is 2.78. The predicted octanol–water partition coefficient (Wildman–Crippen LogP) is 3.11. The van der Waals surface area contributed by atoms with Crippen LogP contribution in [0.3, 0.4) is 0 Å². The number of primary amides is 1. The summed E-state index contributed by atoms with van der Waals surface area (Å²) in [6, 6.07) is 5.53. The van der Waals surface area contributed by atoms with Crippen LogP contribution in [-0.4, -0.2) is 59.7 Å². The summed E-state index contributed by atoms with van der Waals surface area (Å²) >= 11 is 0. The van der Waals surface area contributed by atoms with Crippen molar-refractivity contribution in [2.45, 2.75) is 25.8 Å². The van der Waals surface area contributed by atoms with Crippen molar-refractivity contribution in [2.24, 2.45) is 5.73 Å². The zero-order valence-electron chi connectivity index (χ0n) is 19.1. The van der Waals surface area contributed by atoms with Crippen molar-refractivity contribution < 1.29 is 23.8 Å². The Morgan fingerprint density at radius 2 is 2.03 bits per heavy atom. The highest BCUT2D eigenvalue weighted by Crippen LogP contribution is 2.36. The van der Waals surface area contributed by atoms with Gasteiger partial charge in [-0.3, -0.25) is 9.69 Å². The fourth-order valence-electron chi connectivity index (χ4n) is 3.49. The standard InChI is InChI=1S/C23H28FN5O4/c1-13-18(30)8-7-15(24)21(13)28-23-14-10-19(32-4)20(11-16(14)26-12-27-23)33-9-5-6-17(22(25)31)29(2)3/h7-8,10-12,17,30H,5-6,9H2,1-4H3,(H2,25,31)(H,26,27,28). The Kier molecular flexibility index (Phi) is 7.49. The zero-order valence-corrected chi connectivity index (χ0v) is 19.1. The molecule has 1 atom stereocenters. The highest BCUT2D eigenvalue weighted by molar-refractivity contribution is 5.93. The lowest BCUT2D eigenvalue weighted by Crippen LogP contribution is -2.40. The number of phenols is 1. The predicted molar refractivity (Wildman–Crippen MR) is 124 cm³/mol. The number of carbonyl (C=O) groups excluding carboxylic acids is 1. The summed E-state index contributed by atoms with van der Waals surface area (Å²) in [7, 11) is 5.12. The minimum Gasteiger partial charge on any atom is -0.508 e. The minimum atomic E-state index is -0.518. The summed E-state index contributed by atoms with van der Waals surface area (Å²) in [6.07, 6.45) is 2.52. The van der Waals surface area contributed by atoms with Gasteiger partial charge in [0.2, 0.25) is 5.91 Å². The monoisotopic (exact) mass is 457 g/mol. The number of nitrogens with two attached hydrogens (primary N) is 1. The van der Waals surface area contributed by atoms with Crippen molar-refractivity contribution >= 4 is 28.3 Å². The first-order valence-corrected chi connectivity index (χ1v) is 10.4. The quantitative estimate of drug-likeness (QED) is 0.397. The molecule has 176 valence electrons. The molecule has 0 saturated carbocycles. The maximum Gasteiger partial charge on any atom is 0.234 e. The van der Waals surface area contributed by atoms with Crippen LogP contribution in [0.15, 0.2) is 30.6 Å². The number of methoxy groups -OCH3 is 1. The molecular weight excluding hydrogens is 429 g/mol. The smallest absolute Gasteiger partial charge is 0.234 e. The first-order chi connectivity index (χ1) is 15.7. The number of carbonyl (C=O) groups is 1. The molecule has 0 radical (unpaired) electrons. The number of benzene rings is 2. The maximum absolute atomic E-state index is 14.4. The van der Waals surface area contributed by atoms with Gasteiger partial charge in [0.1, 0.15) is 23.7 Å². The topological polar surface area (TPSA) is 123 Å².